The van der Waals surface area contributed by atoms with Crippen LogP contribution in [0.1, 0.15) is 0 Å². The third-order valence-corrected chi connectivity index (χ3v) is 0.368. The van der Waals surface area contributed by atoms with Crippen molar-refractivity contribution in [1.29, 1.82) is 0 Å². The van der Waals surface area contributed by atoms with Gasteiger partial charge in [0.2, 0.25) is 0 Å². The van der Waals surface area contributed by atoms with Crippen LogP contribution in [0.5, 0.6) is 0 Å². The van der Waals surface area contributed by atoms with E-state index < -0.39 is 11.9 Å². The molecule has 52 valence electrons. The Bertz CT molecular complexity index is 125. The molecule has 0 aromatic heterocycles. The Labute approximate surface area is 79.0 Å². The Kier molecular flexibility index (Phi) is 14.1. The standard InChI is InChI=1S/C4H4O4.Na.H2O/c5-3(6)1-2-4(7)8;;/h1-2H,(H,5,6)(H,7,8);;1H2/q;+1;/p-1/b2-1+;;. The predicted octanol–water partition coefficient (Wildman–Crippen LogP) is -3.46. The van der Waals surface area contributed by atoms with E-state index in [1.165, 1.54) is 0 Å². The first-order chi connectivity index (χ1) is 3.63. The quantitative estimate of drug-likeness (QED) is 0.319. The van der Waals surface area contributed by atoms with Crippen LogP contribution in [0.2, 0.25) is 0 Å². The zero-order chi connectivity index (χ0) is 6.57. The first-order valence-corrected chi connectivity index (χ1v) is 1.77. The van der Waals surface area contributed by atoms with E-state index in [-0.39, 0.29) is 35.0 Å². The van der Waals surface area contributed by atoms with Crippen LogP contribution in [0, 0.1) is 0 Å². The SMILES string of the molecule is O=C(O)/C=C/C(=O)O.[Na+].[OH-]. The van der Waals surface area contributed by atoms with E-state index in [9.17, 15) is 9.59 Å². The topological polar surface area (TPSA) is 105 Å². The molecule has 3 N–H and O–H groups in total. The molecule has 0 spiro atoms. The summed E-state index contributed by atoms with van der Waals surface area (Å²) in [7, 11) is 0. The number of carbonyl (C=O) groups is 2. The van der Waals surface area contributed by atoms with Crippen LogP contribution in [-0.4, -0.2) is 27.6 Å². The first-order valence-electron chi connectivity index (χ1n) is 1.77. The molecule has 0 saturated heterocycles. The van der Waals surface area contributed by atoms with Crippen molar-refractivity contribution in [3.63, 3.8) is 0 Å². The van der Waals surface area contributed by atoms with Gasteiger partial charge in [0.1, 0.15) is 0 Å². The molecule has 6 heteroatoms. The number of hydrogen-bond acceptors (Lipinski definition) is 3. The molecule has 0 rings (SSSR count). The molecule has 0 unspecified atom stereocenters. The molecular formula is C4H5NaO5. The van der Waals surface area contributed by atoms with Gasteiger partial charge >= 0.3 is 41.5 Å². The Morgan fingerprint density at radius 2 is 1.20 bits per heavy atom. The van der Waals surface area contributed by atoms with Gasteiger partial charge in [0.25, 0.3) is 0 Å². The summed E-state index contributed by atoms with van der Waals surface area (Å²) in [5, 5.41) is 15.6. The Morgan fingerprint density at radius 1 is 1.00 bits per heavy atom. The van der Waals surface area contributed by atoms with E-state index in [0.717, 1.165) is 0 Å². The minimum Gasteiger partial charge on any atom is -0.870 e. The zero-order valence-corrected chi connectivity index (χ0v) is 7.31. The van der Waals surface area contributed by atoms with Crippen molar-refractivity contribution in [2.75, 3.05) is 0 Å². The van der Waals surface area contributed by atoms with Gasteiger partial charge in [-0.05, 0) is 0 Å². The molecule has 0 fully saturated rings. The van der Waals surface area contributed by atoms with Crippen LogP contribution >= 0.6 is 0 Å². The average molecular weight is 156 g/mol. The molecule has 0 aromatic carbocycles. The van der Waals surface area contributed by atoms with Crippen LogP contribution in [-0.2, 0) is 9.59 Å². The summed E-state index contributed by atoms with van der Waals surface area (Å²) in [4.78, 5) is 19.1. The third kappa shape index (κ3) is 15.6. The van der Waals surface area contributed by atoms with Crippen molar-refractivity contribution >= 4 is 11.9 Å². The third-order valence-electron chi connectivity index (χ3n) is 0.368. The summed E-state index contributed by atoms with van der Waals surface area (Å²) in [6.07, 6.45) is 1.12. The second-order valence-electron chi connectivity index (χ2n) is 1.01. The summed E-state index contributed by atoms with van der Waals surface area (Å²) in [5.74, 6) is -2.51. The van der Waals surface area contributed by atoms with E-state index in [1.807, 2.05) is 0 Å². The molecule has 0 aliphatic rings. The molecular weight excluding hydrogens is 151 g/mol. The molecule has 10 heavy (non-hydrogen) atoms. The second-order valence-corrected chi connectivity index (χ2v) is 1.01. The fraction of sp³-hybridized carbons (Fsp3) is 0. The van der Waals surface area contributed by atoms with Crippen molar-refractivity contribution in [3.8, 4) is 0 Å². The van der Waals surface area contributed by atoms with Crippen molar-refractivity contribution in [2.24, 2.45) is 0 Å². The van der Waals surface area contributed by atoms with Gasteiger partial charge in [-0.1, -0.05) is 0 Å². The number of carboxylic acid groups (broad SMARTS) is 2. The monoisotopic (exact) mass is 156 g/mol. The summed E-state index contributed by atoms with van der Waals surface area (Å²) in [6, 6.07) is 0. The van der Waals surface area contributed by atoms with Crippen molar-refractivity contribution < 1.29 is 54.8 Å². The van der Waals surface area contributed by atoms with Gasteiger partial charge in [0.05, 0.1) is 0 Å². The average Bonchev–Trinajstić information content (AvgIpc) is 1.61. The maximum atomic E-state index is 9.55. The van der Waals surface area contributed by atoms with Crippen molar-refractivity contribution in [1.82, 2.24) is 0 Å². The summed E-state index contributed by atoms with van der Waals surface area (Å²) in [5.41, 5.74) is 0. The largest absolute Gasteiger partial charge is 1.00 e. The summed E-state index contributed by atoms with van der Waals surface area (Å²) < 4.78 is 0. The van der Waals surface area contributed by atoms with Crippen LogP contribution in [0.3, 0.4) is 0 Å². The maximum absolute atomic E-state index is 9.55. The zero-order valence-electron chi connectivity index (χ0n) is 5.31. The molecule has 0 aromatic rings. The number of hydrogen-bond donors (Lipinski definition) is 2. The Balaban J connectivity index is -0.000000245. The van der Waals surface area contributed by atoms with Gasteiger partial charge in [-0.25, -0.2) is 9.59 Å². The van der Waals surface area contributed by atoms with E-state index in [2.05, 4.69) is 0 Å². The van der Waals surface area contributed by atoms with Crippen LogP contribution < -0.4 is 29.6 Å². The molecule has 0 bridgehead atoms. The molecule has 0 heterocycles. The van der Waals surface area contributed by atoms with E-state index in [1.54, 1.807) is 0 Å². The van der Waals surface area contributed by atoms with E-state index in [4.69, 9.17) is 10.2 Å². The fourth-order valence-corrected chi connectivity index (χ4v) is 0.143. The maximum Gasteiger partial charge on any atom is 1.00 e. The molecule has 5 nitrogen and oxygen atoms in total. The molecule has 0 amide bonds. The normalized spacial score (nSPS) is 7.60. The molecule has 0 radical (unpaired) electrons. The van der Waals surface area contributed by atoms with Crippen molar-refractivity contribution in [2.45, 2.75) is 0 Å². The van der Waals surface area contributed by atoms with E-state index in [0.29, 0.717) is 12.2 Å². The second kappa shape index (κ2) is 8.64. The summed E-state index contributed by atoms with van der Waals surface area (Å²) in [6.45, 7) is 0. The predicted molar refractivity (Wildman–Crippen MR) is 26.3 cm³/mol. The molecule has 0 aliphatic heterocycles. The van der Waals surface area contributed by atoms with Crippen LogP contribution in [0.25, 0.3) is 0 Å². The minimum atomic E-state index is -1.26. The first kappa shape index (κ1) is 16.3. The molecule has 0 saturated carbocycles. The van der Waals surface area contributed by atoms with Crippen molar-refractivity contribution in [3.05, 3.63) is 12.2 Å². The Morgan fingerprint density at radius 3 is 1.30 bits per heavy atom. The van der Waals surface area contributed by atoms with Gasteiger partial charge < -0.3 is 15.7 Å². The number of aliphatic carboxylic acids is 2. The fourth-order valence-electron chi connectivity index (χ4n) is 0.143. The number of carboxylic acids is 2. The van der Waals surface area contributed by atoms with Gasteiger partial charge in [0, 0.05) is 12.2 Å². The van der Waals surface area contributed by atoms with Crippen LogP contribution in [0.4, 0.5) is 0 Å². The van der Waals surface area contributed by atoms with E-state index >= 15 is 0 Å². The smallest absolute Gasteiger partial charge is 0.870 e. The molecule has 0 atom stereocenters. The molecule has 0 aliphatic carbocycles. The van der Waals surface area contributed by atoms with Gasteiger partial charge in [-0.15, -0.1) is 0 Å². The van der Waals surface area contributed by atoms with Crippen LogP contribution in [0.15, 0.2) is 12.2 Å². The van der Waals surface area contributed by atoms with Gasteiger partial charge in [0.15, 0.2) is 0 Å². The Hall–Kier alpha value is -0.360. The van der Waals surface area contributed by atoms with Gasteiger partial charge in [-0.2, -0.15) is 0 Å². The minimum absolute atomic E-state index is 0. The summed E-state index contributed by atoms with van der Waals surface area (Å²) >= 11 is 0. The van der Waals surface area contributed by atoms with Gasteiger partial charge in [-0.3, -0.25) is 0 Å². The number of rotatable bonds is 2.